The third-order valence-corrected chi connectivity index (χ3v) is 22.7. The lowest BCUT2D eigenvalue weighted by Crippen LogP contribution is -2.65. The molecule has 98 heavy (non-hydrogen) atoms. The Kier molecular flexibility index (Phi) is 28.6. The molecule has 0 unspecified atom stereocenters. The number of fused-ring (bicyclic) bond motifs is 1. The molecule has 3 saturated heterocycles. The molecule has 0 aromatic heterocycles. The van der Waals surface area contributed by atoms with E-state index in [0.29, 0.717) is 64.5 Å². The fourth-order valence-corrected chi connectivity index (χ4v) is 15.9. The molecule has 8 atom stereocenters. The van der Waals surface area contributed by atoms with Gasteiger partial charge in [0.15, 0.2) is 0 Å². The maximum Gasteiger partial charge on any atom is 0.391 e. The molecule has 1 spiro atoms. The Labute approximate surface area is 577 Å². The zero-order valence-electron chi connectivity index (χ0n) is 59.9. The molecule has 7 fully saturated rings. The van der Waals surface area contributed by atoms with Gasteiger partial charge >= 0.3 is 6.18 Å². The second-order valence-corrected chi connectivity index (χ2v) is 29.5. The molecule has 0 aromatic carbocycles. The lowest BCUT2D eigenvalue weighted by atomic mass is 9.81. The predicted octanol–water partition coefficient (Wildman–Crippen LogP) is 4.62. The van der Waals surface area contributed by atoms with Crippen LogP contribution in [0.4, 0.5) is 13.2 Å². The number of halogens is 3. The number of carbonyl (C=O) groups is 12. The van der Waals surface area contributed by atoms with Crippen molar-refractivity contribution < 1.29 is 75.4 Å². The maximum atomic E-state index is 15.7. The Morgan fingerprint density at radius 1 is 0.592 bits per heavy atom. The number of likely N-dealkylation sites (N-methyl/N-ethyl adjacent to an activating group) is 7. The molecule has 4 aliphatic carbocycles. The van der Waals surface area contributed by atoms with Crippen LogP contribution in [0, 0.1) is 23.7 Å². The van der Waals surface area contributed by atoms with Gasteiger partial charge in [-0.1, -0.05) is 84.5 Å². The zero-order valence-corrected chi connectivity index (χ0v) is 59.9. The highest BCUT2D eigenvalue weighted by Crippen LogP contribution is 2.40. The molecular weight excluding hydrogens is 1270 g/mol. The zero-order chi connectivity index (χ0) is 71.9. The lowest BCUT2D eigenvalue weighted by molar-refractivity contribution is -0.187. The van der Waals surface area contributed by atoms with E-state index in [4.69, 9.17) is 4.74 Å². The summed E-state index contributed by atoms with van der Waals surface area (Å²) in [4.78, 5) is 189. The number of rotatable bonds is 10. The van der Waals surface area contributed by atoms with E-state index in [0.717, 1.165) is 72.5 Å². The van der Waals surface area contributed by atoms with Crippen molar-refractivity contribution in [3.05, 3.63) is 0 Å². The van der Waals surface area contributed by atoms with Crippen molar-refractivity contribution in [2.24, 2.45) is 23.7 Å². The number of amides is 12. The minimum absolute atomic E-state index is 0.0404. The van der Waals surface area contributed by atoms with Crippen molar-refractivity contribution in [2.75, 3.05) is 95.2 Å². The molecular formula is C70H113F3N12O13. The fourth-order valence-electron chi connectivity index (χ4n) is 15.9. The lowest BCUT2D eigenvalue weighted by Gasteiger charge is -2.43. The Balaban J connectivity index is 1.24. The smallest absolute Gasteiger partial charge is 0.378 e. The number of alkyl halides is 3. The normalized spacial score (nSPS) is 29.7. The fraction of sp³-hybridized carbons (Fsp3) is 0.829. The van der Waals surface area contributed by atoms with Crippen molar-refractivity contribution in [1.82, 2.24) is 60.0 Å². The summed E-state index contributed by atoms with van der Waals surface area (Å²) in [6.07, 6.45) is 7.29. The number of nitrogens with one attached hydrogen (secondary N) is 3. The molecule has 25 nitrogen and oxygen atoms in total. The van der Waals surface area contributed by atoms with Gasteiger partial charge in [-0.3, -0.25) is 57.5 Å². The molecule has 12 amide bonds. The molecule has 28 heteroatoms. The minimum Gasteiger partial charge on any atom is -0.378 e. The summed E-state index contributed by atoms with van der Waals surface area (Å²) in [5, 5.41) is 8.71. The van der Waals surface area contributed by atoms with Crippen molar-refractivity contribution in [3.8, 4) is 0 Å². The summed E-state index contributed by atoms with van der Waals surface area (Å²) in [7, 11) is 10.0. The first kappa shape index (κ1) is 78.7. The van der Waals surface area contributed by atoms with E-state index in [2.05, 4.69) is 16.0 Å². The first-order chi connectivity index (χ1) is 46.4. The van der Waals surface area contributed by atoms with Crippen molar-refractivity contribution in [1.29, 1.82) is 0 Å². The molecule has 3 heterocycles. The van der Waals surface area contributed by atoms with Crippen LogP contribution in [0.1, 0.15) is 194 Å². The molecule has 552 valence electrons. The molecule has 7 rings (SSSR count). The van der Waals surface area contributed by atoms with E-state index in [-0.39, 0.29) is 82.8 Å². The Morgan fingerprint density at radius 2 is 1.18 bits per heavy atom. The van der Waals surface area contributed by atoms with Crippen LogP contribution in [-0.4, -0.2) is 270 Å². The van der Waals surface area contributed by atoms with Crippen LogP contribution in [0.25, 0.3) is 0 Å². The van der Waals surface area contributed by atoms with E-state index in [1.165, 1.54) is 80.8 Å². The Bertz CT molecular complexity index is 2820. The van der Waals surface area contributed by atoms with E-state index >= 15 is 19.2 Å². The molecule has 3 N–H and O–H groups in total. The molecule has 0 radical (unpaired) electrons. The molecule has 7 aliphatic rings. The third kappa shape index (κ3) is 19.9. The van der Waals surface area contributed by atoms with Crippen LogP contribution >= 0.6 is 0 Å². The van der Waals surface area contributed by atoms with Crippen LogP contribution < -0.4 is 16.0 Å². The van der Waals surface area contributed by atoms with E-state index in [9.17, 15) is 51.5 Å². The number of hydrogen-bond donors (Lipinski definition) is 3. The highest BCUT2D eigenvalue weighted by atomic mass is 19.4. The molecule has 0 aromatic rings. The van der Waals surface area contributed by atoms with Crippen LogP contribution in [0.2, 0.25) is 0 Å². The van der Waals surface area contributed by atoms with E-state index in [1.54, 1.807) is 11.8 Å². The SMILES string of the molecule is CC[C@H](C)[C@@H]1NC(=O)[C@H](C)N(C)C(=O)C[C@@H](C(=O)N2CCCCC2)N(C)C(=O)[C@H](C2CCCCC2)N(C)C(=O)C2(CCCC2)NC(=O)[C@@H]2CCCN2C(=O)[C@H](CCOC2CCC(C(F)(F)F)CC2)NC(=O)CN(C)C(=O)[C@H](CC2CCCCC2)N(C)C(=O)CN(C)C(=O)CN(C)C1=O. The molecule has 0 bridgehead atoms. The largest absolute Gasteiger partial charge is 0.391 e. The van der Waals surface area contributed by atoms with Gasteiger partial charge in [-0.25, -0.2) is 0 Å². The summed E-state index contributed by atoms with van der Waals surface area (Å²) in [5.74, 6) is -9.78. The number of ether oxygens (including phenoxy) is 1. The van der Waals surface area contributed by atoms with E-state index in [1.807, 2.05) is 6.92 Å². The second kappa shape index (κ2) is 35.6. The third-order valence-electron chi connectivity index (χ3n) is 22.7. The first-order valence-corrected chi connectivity index (χ1v) is 36.4. The number of carbonyl (C=O) groups excluding carboxylic acids is 12. The maximum absolute atomic E-state index is 15.7. The van der Waals surface area contributed by atoms with Gasteiger partial charge in [-0.15, -0.1) is 0 Å². The predicted molar refractivity (Wildman–Crippen MR) is 357 cm³/mol. The van der Waals surface area contributed by atoms with Crippen LogP contribution in [-0.2, 0) is 62.3 Å². The van der Waals surface area contributed by atoms with Crippen molar-refractivity contribution >= 4 is 70.9 Å². The van der Waals surface area contributed by atoms with Gasteiger partial charge in [-0.05, 0) is 121 Å². The van der Waals surface area contributed by atoms with Gasteiger partial charge in [0, 0.05) is 75.6 Å². The monoisotopic (exact) mass is 1390 g/mol. The van der Waals surface area contributed by atoms with Gasteiger partial charge in [-0.2, -0.15) is 13.2 Å². The van der Waals surface area contributed by atoms with Gasteiger partial charge in [0.1, 0.15) is 47.8 Å². The standard InChI is InChI=1S/C70H113F3N12O13/c1-11-45(2)59-66(95)79(6)43-57(88)77(4)44-58(89)81(8)53(40-47-24-15-12-16-25-47)64(93)78(5)42-55(86)74-51(33-39-98-50-31-29-49(30-32-50)70(71,72)73)63(92)85-38-23-28-52(85)62(91)76-69(34-19-20-35-69)68(97)83(10)60(48-26-17-13-18-27-48)67(96)82(9)54(65(94)84-36-21-14-22-37-84)41-56(87)80(7)46(3)61(90)75-59/h45-54,59-60H,11-44H2,1-10H3,(H,74,86)(H,75,90)(H,76,91)/t45-,46-,49?,50?,51-,52-,53-,54-,59-,60-/m0/s1. The topological polar surface area (TPSA) is 279 Å². The van der Waals surface area contributed by atoms with Crippen LogP contribution in [0.15, 0.2) is 0 Å². The average Bonchev–Trinajstić information content (AvgIpc) is 1.39. The van der Waals surface area contributed by atoms with Crippen LogP contribution in [0.3, 0.4) is 0 Å². The van der Waals surface area contributed by atoms with Crippen molar-refractivity contribution in [2.45, 2.75) is 254 Å². The van der Waals surface area contributed by atoms with Gasteiger partial charge in [0.05, 0.1) is 38.1 Å². The van der Waals surface area contributed by atoms with Gasteiger partial charge in [0.25, 0.3) is 0 Å². The second-order valence-electron chi connectivity index (χ2n) is 29.5. The first-order valence-electron chi connectivity index (χ1n) is 36.4. The Hall–Kier alpha value is -6.61. The minimum atomic E-state index is -4.35. The van der Waals surface area contributed by atoms with Crippen LogP contribution in [0.5, 0.6) is 0 Å². The highest BCUT2D eigenvalue weighted by Gasteiger charge is 2.52. The summed E-state index contributed by atoms with van der Waals surface area (Å²) in [5.41, 5.74) is -1.54. The quantitative estimate of drug-likeness (QED) is 0.270. The summed E-state index contributed by atoms with van der Waals surface area (Å²) < 4.78 is 47.1. The van der Waals surface area contributed by atoms with E-state index < -0.39 is 169 Å². The summed E-state index contributed by atoms with van der Waals surface area (Å²) in [6.45, 7) is 4.14. The average molecular weight is 1390 g/mol. The van der Waals surface area contributed by atoms with Crippen molar-refractivity contribution in [3.63, 3.8) is 0 Å². The Morgan fingerprint density at radius 3 is 1.80 bits per heavy atom. The number of nitrogens with zero attached hydrogens (tertiary/aromatic N) is 9. The number of piperidine rings is 1. The highest BCUT2D eigenvalue weighted by molar-refractivity contribution is 6.00. The summed E-state index contributed by atoms with van der Waals surface area (Å²) in [6, 6.07) is -8.54. The number of hydrogen-bond acceptors (Lipinski definition) is 13. The van der Waals surface area contributed by atoms with Gasteiger partial charge < -0.3 is 64.8 Å². The molecule has 4 saturated carbocycles. The summed E-state index contributed by atoms with van der Waals surface area (Å²) >= 11 is 0. The molecule has 3 aliphatic heterocycles. The number of likely N-dealkylation sites (tertiary alicyclic amines) is 1. The van der Waals surface area contributed by atoms with Gasteiger partial charge in [0.2, 0.25) is 70.9 Å².